The zero-order valence-electron chi connectivity index (χ0n) is 9.98. The Morgan fingerprint density at radius 2 is 2.12 bits per heavy atom. The number of hydrogen-bond donors (Lipinski definition) is 2. The van der Waals surface area contributed by atoms with Gasteiger partial charge in [0.2, 0.25) is 5.95 Å². The van der Waals surface area contributed by atoms with Crippen molar-refractivity contribution >= 4 is 17.7 Å². The molecule has 6 nitrogen and oxygen atoms in total. The van der Waals surface area contributed by atoms with E-state index in [-0.39, 0.29) is 11.9 Å². The summed E-state index contributed by atoms with van der Waals surface area (Å²) >= 11 is 0. The van der Waals surface area contributed by atoms with E-state index in [0.717, 1.165) is 25.0 Å². The maximum absolute atomic E-state index is 11.1. The molecule has 0 aromatic carbocycles. The first-order valence-corrected chi connectivity index (χ1v) is 5.66. The fourth-order valence-corrected chi connectivity index (χ4v) is 1.48. The number of carbonyl (C=O) groups is 1. The lowest BCUT2D eigenvalue weighted by Gasteiger charge is -2.03. The van der Waals surface area contributed by atoms with Crippen molar-refractivity contribution in [2.24, 2.45) is 0 Å². The van der Waals surface area contributed by atoms with Crippen LogP contribution in [0, 0.1) is 0 Å². The number of ether oxygens (including phenoxy) is 1. The summed E-state index contributed by atoms with van der Waals surface area (Å²) in [6.07, 6.45) is 2.78. The van der Waals surface area contributed by atoms with E-state index in [1.54, 1.807) is 13.0 Å². The van der Waals surface area contributed by atoms with Crippen molar-refractivity contribution in [1.82, 2.24) is 9.97 Å². The third kappa shape index (κ3) is 5.14. The van der Waals surface area contributed by atoms with Gasteiger partial charge in [-0.05, 0) is 26.2 Å². The molecule has 17 heavy (non-hydrogen) atoms. The molecule has 0 fully saturated rings. The summed E-state index contributed by atoms with van der Waals surface area (Å²) in [5.41, 5.74) is 11.8. The van der Waals surface area contributed by atoms with E-state index in [9.17, 15) is 4.79 Å². The zero-order valence-corrected chi connectivity index (χ0v) is 9.98. The van der Waals surface area contributed by atoms with Crippen LogP contribution in [0.15, 0.2) is 6.07 Å². The van der Waals surface area contributed by atoms with E-state index < -0.39 is 0 Å². The SMILES string of the molecule is CCOC(=O)CCCCc1cc(N)nc(N)n1. The first-order chi connectivity index (χ1) is 8.11. The van der Waals surface area contributed by atoms with E-state index in [0.29, 0.717) is 18.8 Å². The summed E-state index contributed by atoms with van der Waals surface area (Å²) < 4.78 is 4.83. The van der Waals surface area contributed by atoms with Crippen LogP contribution in [0.3, 0.4) is 0 Å². The highest BCUT2D eigenvalue weighted by molar-refractivity contribution is 5.69. The quantitative estimate of drug-likeness (QED) is 0.564. The van der Waals surface area contributed by atoms with Crippen molar-refractivity contribution in [2.75, 3.05) is 18.1 Å². The molecule has 0 aliphatic rings. The average molecular weight is 238 g/mol. The van der Waals surface area contributed by atoms with Crippen LogP contribution in [-0.4, -0.2) is 22.5 Å². The van der Waals surface area contributed by atoms with Crippen LogP contribution in [0.2, 0.25) is 0 Å². The molecule has 1 heterocycles. The molecular weight excluding hydrogens is 220 g/mol. The van der Waals surface area contributed by atoms with Gasteiger partial charge in [0.1, 0.15) is 5.82 Å². The number of nitrogens with two attached hydrogens (primary N) is 2. The highest BCUT2D eigenvalue weighted by Gasteiger charge is 2.03. The average Bonchev–Trinajstić information content (AvgIpc) is 2.23. The van der Waals surface area contributed by atoms with Gasteiger partial charge in [-0.15, -0.1) is 0 Å². The van der Waals surface area contributed by atoms with Crippen molar-refractivity contribution < 1.29 is 9.53 Å². The van der Waals surface area contributed by atoms with Crippen molar-refractivity contribution in [1.29, 1.82) is 0 Å². The summed E-state index contributed by atoms with van der Waals surface area (Å²) in [6.45, 7) is 2.22. The molecule has 0 radical (unpaired) electrons. The second kappa shape index (κ2) is 6.67. The van der Waals surface area contributed by atoms with Gasteiger partial charge in [-0.25, -0.2) is 4.98 Å². The number of carbonyl (C=O) groups excluding carboxylic acids is 1. The van der Waals surface area contributed by atoms with Crippen molar-refractivity contribution in [2.45, 2.75) is 32.6 Å². The van der Waals surface area contributed by atoms with Gasteiger partial charge in [0.15, 0.2) is 0 Å². The van der Waals surface area contributed by atoms with E-state index in [1.807, 2.05) is 0 Å². The molecule has 0 unspecified atom stereocenters. The van der Waals surface area contributed by atoms with E-state index in [1.165, 1.54) is 0 Å². The van der Waals surface area contributed by atoms with Crippen LogP contribution < -0.4 is 11.5 Å². The molecule has 0 saturated heterocycles. The molecule has 6 heteroatoms. The van der Waals surface area contributed by atoms with Crippen molar-refractivity contribution in [3.63, 3.8) is 0 Å². The first kappa shape index (κ1) is 13.2. The standard InChI is InChI=1S/C11H18N4O2/c1-2-17-10(16)6-4-3-5-8-7-9(12)15-11(13)14-8/h7H,2-6H2,1H3,(H4,12,13,14,15). The third-order valence-corrected chi connectivity index (χ3v) is 2.19. The van der Waals surface area contributed by atoms with Gasteiger partial charge in [-0.3, -0.25) is 4.79 Å². The number of aromatic nitrogens is 2. The molecule has 1 rings (SSSR count). The predicted molar refractivity (Wildman–Crippen MR) is 65.0 cm³/mol. The number of rotatable bonds is 6. The number of nitrogens with zero attached hydrogens (tertiary/aromatic N) is 2. The number of hydrogen-bond acceptors (Lipinski definition) is 6. The summed E-state index contributed by atoms with van der Waals surface area (Å²) in [7, 11) is 0. The van der Waals surface area contributed by atoms with Crippen molar-refractivity contribution in [3.8, 4) is 0 Å². The largest absolute Gasteiger partial charge is 0.466 e. The van der Waals surface area contributed by atoms with E-state index >= 15 is 0 Å². The molecule has 1 aromatic rings. The highest BCUT2D eigenvalue weighted by atomic mass is 16.5. The van der Waals surface area contributed by atoms with Crippen LogP contribution in [0.4, 0.5) is 11.8 Å². The van der Waals surface area contributed by atoms with Crippen LogP contribution in [0.1, 0.15) is 31.9 Å². The van der Waals surface area contributed by atoms with Crippen molar-refractivity contribution in [3.05, 3.63) is 11.8 Å². The fraction of sp³-hybridized carbons (Fsp3) is 0.545. The van der Waals surface area contributed by atoms with Gasteiger partial charge in [-0.1, -0.05) is 0 Å². The number of esters is 1. The maximum Gasteiger partial charge on any atom is 0.305 e. The smallest absolute Gasteiger partial charge is 0.305 e. The molecule has 0 bridgehead atoms. The number of nitrogen functional groups attached to an aromatic ring is 2. The molecule has 0 spiro atoms. The Morgan fingerprint density at radius 3 is 2.76 bits per heavy atom. The van der Waals surface area contributed by atoms with Gasteiger partial charge in [0.05, 0.1) is 6.61 Å². The molecule has 0 amide bonds. The first-order valence-electron chi connectivity index (χ1n) is 5.66. The van der Waals surface area contributed by atoms with Gasteiger partial charge in [0, 0.05) is 18.2 Å². The second-order valence-electron chi connectivity index (χ2n) is 3.65. The minimum absolute atomic E-state index is 0.158. The van der Waals surface area contributed by atoms with Crippen LogP contribution in [0.5, 0.6) is 0 Å². The molecule has 94 valence electrons. The van der Waals surface area contributed by atoms with Gasteiger partial charge in [0.25, 0.3) is 0 Å². The third-order valence-electron chi connectivity index (χ3n) is 2.19. The fourth-order valence-electron chi connectivity index (χ4n) is 1.48. The van der Waals surface area contributed by atoms with Crippen LogP contribution in [0.25, 0.3) is 0 Å². The molecule has 1 aromatic heterocycles. The summed E-state index contributed by atoms with van der Waals surface area (Å²) in [5.74, 6) is 0.400. The molecular formula is C11H18N4O2. The highest BCUT2D eigenvalue weighted by Crippen LogP contribution is 2.09. The lowest BCUT2D eigenvalue weighted by Crippen LogP contribution is -2.05. The number of unbranched alkanes of at least 4 members (excludes halogenated alkanes) is 1. The predicted octanol–water partition coefficient (Wildman–Crippen LogP) is 0.917. The van der Waals surface area contributed by atoms with Gasteiger partial charge >= 0.3 is 5.97 Å². The topological polar surface area (TPSA) is 104 Å². The lowest BCUT2D eigenvalue weighted by atomic mass is 10.1. The minimum Gasteiger partial charge on any atom is -0.466 e. The Bertz CT molecular complexity index is 361. The zero-order chi connectivity index (χ0) is 12.7. The second-order valence-corrected chi connectivity index (χ2v) is 3.65. The molecule has 0 saturated carbocycles. The van der Waals surface area contributed by atoms with Crippen LogP contribution in [-0.2, 0) is 16.0 Å². The monoisotopic (exact) mass is 238 g/mol. The Hall–Kier alpha value is -1.85. The van der Waals surface area contributed by atoms with E-state index in [4.69, 9.17) is 16.2 Å². The number of anilines is 2. The minimum atomic E-state index is -0.158. The molecule has 4 N–H and O–H groups in total. The van der Waals surface area contributed by atoms with Crippen LogP contribution >= 0.6 is 0 Å². The Balaban J connectivity index is 2.28. The Kier molecular flexibility index (Phi) is 5.19. The summed E-state index contributed by atoms with van der Waals surface area (Å²) in [4.78, 5) is 18.9. The normalized spacial score (nSPS) is 10.2. The summed E-state index contributed by atoms with van der Waals surface area (Å²) in [6, 6.07) is 1.70. The maximum atomic E-state index is 11.1. The Morgan fingerprint density at radius 1 is 1.35 bits per heavy atom. The molecule has 0 aliphatic heterocycles. The summed E-state index contributed by atoms with van der Waals surface area (Å²) in [5, 5.41) is 0. The van der Waals surface area contributed by atoms with Gasteiger partial charge < -0.3 is 16.2 Å². The Labute approximate surface area is 100 Å². The molecule has 0 aliphatic carbocycles. The van der Waals surface area contributed by atoms with E-state index in [2.05, 4.69) is 9.97 Å². The van der Waals surface area contributed by atoms with Gasteiger partial charge in [-0.2, -0.15) is 4.98 Å². The molecule has 0 atom stereocenters. The number of aryl methyl sites for hydroxylation is 1. The lowest BCUT2D eigenvalue weighted by molar-refractivity contribution is -0.143.